The van der Waals surface area contributed by atoms with Gasteiger partial charge in [0.1, 0.15) is 12.2 Å². The minimum absolute atomic E-state index is 0.183. The van der Waals surface area contributed by atoms with Crippen LogP contribution in [0.25, 0.3) is 0 Å². The number of carbonyl (C=O) groups is 2. The lowest BCUT2D eigenvalue weighted by molar-refractivity contribution is -0.137. The van der Waals surface area contributed by atoms with Crippen molar-refractivity contribution in [3.8, 4) is 0 Å². The van der Waals surface area contributed by atoms with Crippen LogP contribution in [0.1, 0.15) is 15.4 Å². The van der Waals surface area contributed by atoms with Gasteiger partial charge in [-0.3, -0.25) is 9.59 Å². The molecule has 18 heavy (non-hydrogen) atoms. The Balaban J connectivity index is 1.88. The van der Waals surface area contributed by atoms with Crippen LogP contribution in [-0.4, -0.2) is 32.0 Å². The standard InChI is InChI=1S/C10H10N4O3S/c15-9(16)6-14-5-7(12-13-14)4-11-10(17)8-2-1-3-18-8/h1-3,5H,4,6H2,(H,11,17)(H,15,16). The summed E-state index contributed by atoms with van der Waals surface area (Å²) in [5, 5.41) is 20.5. The molecule has 0 bridgehead atoms. The topological polar surface area (TPSA) is 97.1 Å². The molecule has 0 unspecified atom stereocenters. The molecule has 0 fully saturated rings. The number of carboxylic acid groups (broad SMARTS) is 1. The molecule has 0 aliphatic rings. The summed E-state index contributed by atoms with van der Waals surface area (Å²) in [6.45, 7) is -0.0256. The summed E-state index contributed by atoms with van der Waals surface area (Å²) in [7, 11) is 0. The van der Waals surface area contributed by atoms with E-state index in [2.05, 4.69) is 15.6 Å². The predicted molar refractivity (Wildman–Crippen MR) is 63.1 cm³/mol. The summed E-state index contributed by atoms with van der Waals surface area (Å²) < 4.78 is 1.20. The van der Waals surface area contributed by atoms with Crippen molar-refractivity contribution in [2.75, 3.05) is 0 Å². The van der Waals surface area contributed by atoms with Crippen molar-refractivity contribution >= 4 is 23.2 Å². The Kier molecular flexibility index (Phi) is 3.68. The fourth-order valence-electron chi connectivity index (χ4n) is 1.30. The number of nitrogens with one attached hydrogen (secondary N) is 1. The van der Waals surface area contributed by atoms with Gasteiger partial charge in [0, 0.05) is 0 Å². The quantitative estimate of drug-likeness (QED) is 0.814. The molecule has 0 saturated carbocycles. The third-order valence-electron chi connectivity index (χ3n) is 2.06. The largest absolute Gasteiger partial charge is 0.480 e. The molecule has 0 aliphatic carbocycles. The van der Waals surface area contributed by atoms with E-state index in [0.717, 1.165) is 0 Å². The number of thiophene rings is 1. The first-order chi connectivity index (χ1) is 8.65. The monoisotopic (exact) mass is 266 g/mol. The lowest BCUT2D eigenvalue weighted by Gasteiger charge is -1.99. The van der Waals surface area contributed by atoms with Crippen molar-refractivity contribution in [3.05, 3.63) is 34.3 Å². The van der Waals surface area contributed by atoms with E-state index in [9.17, 15) is 9.59 Å². The van der Waals surface area contributed by atoms with E-state index in [4.69, 9.17) is 5.11 Å². The number of hydrogen-bond donors (Lipinski definition) is 2. The Morgan fingerprint density at radius 2 is 2.33 bits per heavy atom. The molecule has 0 atom stereocenters. The van der Waals surface area contributed by atoms with Gasteiger partial charge in [-0.25, -0.2) is 4.68 Å². The molecule has 0 aromatic carbocycles. The Hall–Kier alpha value is -2.22. The Morgan fingerprint density at radius 1 is 1.50 bits per heavy atom. The molecule has 1 amide bonds. The van der Waals surface area contributed by atoms with Crippen LogP contribution in [-0.2, 0) is 17.9 Å². The minimum atomic E-state index is -0.992. The zero-order valence-electron chi connectivity index (χ0n) is 9.24. The van der Waals surface area contributed by atoms with Crippen LogP contribution in [0.4, 0.5) is 0 Å². The number of nitrogens with zero attached hydrogens (tertiary/aromatic N) is 3. The molecule has 0 spiro atoms. The van der Waals surface area contributed by atoms with Crippen LogP contribution in [0.2, 0.25) is 0 Å². The molecular formula is C10H10N4O3S. The molecule has 2 rings (SSSR count). The Labute approximate surface area is 106 Å². The lowest BCUT2D eigenvalue weighted by atomic mass is 10.4. The molecule has 2 aromatic rings. The summed E-state index contributed by atoms with van der Waals surface area (Å²) in [5.74, 6) is -1.17. The van der Waals surface area contributed by atoms with Crippen molar-refractivity contribution in [2.24, 2.45) is 0 Å². The van der Waals surface area contributed by atoms with Gasteiger partial charge in [0.2, 0.25) is 0 Å². The summed E-state index contributed by atoms with van der Waals surface area (Å²) in [6, 6.07) is 3.52. The second kappa shape index (κ2) is 5.41. The number of hydrogen-bond acceptors (Lipinski definition) is 5. The molecule has 0 saturated heterocycles. The van der Waals surface area contributed by atoms with E-state index in [1.807, 2.05) is 5.38 Å². The second-order valence-electron chi connectivity index (χ2n) is 3.46. The van der Waals surface area contributed by atoms with Crippen LogP contribution in [0, 0.1) is 0 Å². The average molecular weight is 266 g/mol. The first-order valence-corrected chi connectivity index (χ1v) is 5.95. The maximum atomic E-state index is 11.6. The highest BCUT2D eigenvalue weighted by Crippen LogP contribution is 2.07. The minimum Gasteiger partial charge on any atom is -0.480 e. The van der Waals surface area contributed by atoms with Crippen molar-refractivity contribution in [2.45, 2.75) is 13.1 Å². The van der Waals surface area contributed by atoms with Gasteiger partial charge >= 0.3 is 5.97 Å². The van der Waals surface area contributed by atoms with Gasteiger partial charge in [0.15, 0.2) is 0 Å². The van der Waals surface area contributed by atoms with Crippen LogP contribution >= 0.6 is 11.3 Å². The Bertz CT molecular complexity index is 549. The SMILES string of the molecule is O=C(O)Cn1cc(CNC(=O)c2cccs2)nn1. The van der Waals surface area contributed by atoms with E-state index >= 15 is 0 Å². The van der Waals surface area contributed by atoms with E-state index in [0.29, 0.717) is 10.6 Å². The maximum absolute atomic E-state index is 11.6. The van der Waals surface area contributed by atoms with Crippen LogP contribution in [0.15, 0.2) is 23.7 Å². The fourth-order valence-corrected chi connectivity index (χ4v) is 1.94. The first kappa shape index (κ1) is 12.2. The summed E-state index contributed by atoms with van der Waals surface area (Å²) >= 11 is 1.35. The van der Waals surface area contributed by atoms with E-state index in [1.54, 1.807) is 12.1 Å². The number of aliphatic carboxylic acids is 1. The first-order valence-electron chi connectivity index (χ1n) is 5.07. The highest BCUT2D eigenvalue weighted by Gasteiger charge is 2.08. The molecule has 2 aromatic heterocycles. The van der Waals surface area contributed by atoms with Gasteiger partial charge in [0.05, 0.1) is 17.6 Å². The van der Waals surface area contributed by atoms with Crippen molar-refractivity contribution in [1.82, 2.24) is 20.3 Å². The lowest BCUT2D eigenvalue weighted by Crippen LogP contribution is -2.21. The molecule has 0 radical (unpaired) electrons. The summed E-state index contributed by atoms with van der Waals surface area (Å²) in [4.78, 5) is 22.7. The van der Waals surface area contributed by atoms with E-state index < -0.39 is 5.97 Å². The Morgan fingerprint density at radius 3 is 3.00 bits per heavy atom. The van der Waals surface area contributed by atoms with Gasteiger partial charge in [-0.1, -0.05) is 11.3 Å². The normalized spacial score (nSPS) is 10.2. The second-order valence-corrected chi connectivity index (χ2v) is 4.41. The van der Waals surface area contributed by atoms with Crippen LogP contribution in [0.5, 0.6) is 0 Å². The molecule has 2 N–H and O–H groups in total. The zero-order chi connectivity index (χ0) is 13.0. The van der Waals surface area contributed by atoms with Crippen LogP contribution in [0.3, 0.4) is 0 Å². The number of amides is 1. The average Bonchev–Trinajstić information content (AvgIpc) is 2.95. The van der Waals surface area contributed by atoms with Crippen LogP contribution < -0.4 is 5.32 Å². The molecule has 94 valence electrons. The summed E-state index contributed by atoms with van der Waals surface area (Å²) in [5.41, 5.74) is 0.515. The van der Waals surface area contributed by atoms with Gasteiger partial charge in [0.25, 0.3) is 5.91 Å². The fraction of sp³-hybridized carbons (Fsp3) is 0.200. The van der Waals surface area contributed by atoms with E-state index in [-0.39, 0.29) is 19.0 Å². The van der Waals surface area contributed by atoms with Crippen molar-refractivity contribution < 1.29 is 14.7 Å². The van der Waals surface area contributed by atoms with Gasteiger partial charge < -0.3 is 10.4 Å². The highest BCUT2D eigenvalue weighted by atomic mass is 32.1. The third-order valence-corrected chi connectivity index (χ3v) is 2.93. The highest BCUT2D eigenvalue weighted by molar-refractivity contribution is 7.12. The van der Waals surface area contributed by atoms with E-state index in [1.165, 1.54) is 22.2 Å². The van der Waals surface area contributed by atoms with Crippen molar-refractivity contribution in [3.63, 3.8) is 0 Å². The molecule has 7 nitrogen and oxygen atoms in total. The number of rotatable bonds is 5. The third kappa shape index (κ3) is 3.14. The van der Waals surface area contributed by atoms with Gasteiger partial charge in [-0.05, 0) is 11.4 Å². The maximum Gasteiger partial charge on any atom is 0.325 e. The van der Waals surface area contributed by atoms with Gasteiger partial charge in [-0.2, -0.15) is 0 Å². The van der Waals surface area contributed by atoms with Gasteiger partial charge in [-0.15, -0.1) is 16.4 Å². The van der Waals surface area contributed by atoms with Crippen molar-refractivity contribution in [1.29, 1.82) is 0 Å². The summed E-state index contributed by atoms with van der Waals surface area (Å²) in [6.07, 6.45) is 1.49. The number of aromatic nitrogens is 3. The number of carboxylic acids is 1. The smallest absolute Gasteiger partial charge is 0.325 e. The molecular weight excluding hydrogens is 256 g/mol. The predicted octanol–water partition coefficient (Wildman–Crippen LogP) is 0.354. The molecule has 0 aliphatic heterocycles. The molecule has 2 heterocycles. The molecule has 8 heteroatoms. The zero-order valence-corrected chi connectivity index (χ0v) is 10.1. The number of carbonyl (C=O) groups excluding carboxylic acids is 1.